The Morgan fingerprint density at radius 3 is 2.56 bits per heavy atom. The van der Waals surface area contributed by atoms with E-state index in [1.54, 1.807) is 11.0 Å². The predicted octanol–water partition coefficient (Wildman–Crippen LogP) is 4.58. The predicted molar refractivity (Wildman–Crippen MR) is 122 cm³/mol. The normalized spacial score (nSPS) is 19.7. The summed E-state index contributed by atoms with van der Waals surface area (Å²) in [6.45, 7) is 8.09. The fraction of sp³-hybridized carbons (Fsp3) is 0.542. The molecular weight excluding hydrogens is 433 g/mol. The Kier molecular flexibility index (Phi) is 6.30. The van der Waals surface area contributed by atoms with Crippen molar-refractivity contribution in [3.05, 3.63) is 45.7 Å². The molecule has 3 aliphatic heterocycles. The fourth-order valence-corrected chi connectivity index (χ4v) is 4.81. The minimum atomic E-state index is -0.566. The molecule has 0 N–H and O–H groups in total. The lowest BCUT2D eigenvalue weighted by molar-refractivity contribution is -0.125. The first-order valence-electron chi connectivity index (χ1n) is 11.1. The zero-order valence-corrected chi connectivity index (χ0v) is 19.5. The molecule has 0 aliphatic carbocycles. The summed E-state index contributed by atoms with van der Waals surface area (Å²) in [5, 5.41) is 0.565. The highest BCUT2D eigenvalue weighted by Gasteiger charge is 2.36. The number of carbonyl (C=O) groups is 2. The largest absolute Gasteiger partial charge is 0.444 e. The first-order valence-corrected chi connectivity index (χ1v) is 11.5. The van der Waals surface area contributed by atoms with Gasteiger partial charge in [-0.05, 0) is 75.3 Å². The lowest BCUT2D eigenvalue weighted by atomic mass is 9.89. The van der Waals surface area contributed by atoms with Gasteiger partial charge in [0.1, 0.15) is 17.1 Å². The van der Waals surface area contributed by atoms with Gasteiger partial charge >= 0.3 is 6.09 Å². The number of ether oxygens (including phenoxy) is 1. The van der Waals surface area contributed by atoms with Gasteiger partial charge in [-0.3, -0.25) is 9.79 Å². The van der Waals surface area contributed by atoms with E-state index in [0.29, 0.717) is 49.9 Å². The third-order valence-corrected chi connectivity index (χ3v) is 6.55. The highest BCUT2D eigenvalue weighted by Crippen LogP contribution is 2.34. The van der Waals surface area contributed by atoms with Crippen molar-refractivity contribution in [2.45, 2.75) is 51.6 Å². The maximum atomic E-state index is 13.7. The standard InChI is InChI=1S/C24H29ClFN3O3/c1-24(2,3)32-23(31)29-11-8-16-13-27-21(19(16)14-29)22(30)28-9-6-15(7-10-28)18-12-17(26)4-5-20(18)25/h4-5,12,15H,6-11,13-14H2,1-3H3. The minimum Gasteiger partial charge on any atom is -0.444 e. The summed E-state index contributed by atoms with van der Waals surface area (Å²) in [4.78, 5) is 33.8. The van der Waals surface area contributed by atoms with Gasteiger partial charge in [0.2, 0.25) is 0 Å². The number of piperidine rings is 1. The summed E-state index contributed by atoms with van der Waals surface area (Å²) in [6.07, 6.45) is 1.78. The van der Waals surface area contributed by atoms with E-state index < -0.39 is 5.60 Å². The molecule has 0 radical (unpaired) electrons. The molecule has 0 spiro atoms. The molecule has 1 fully saturated rings. The molecule has 0 bridgehead atoms. The van der Waals surface area contributed by atoms with Crippen molar-refractivity contribution in [1.82, 2.24) is 9.80 Å². The first-order chi connectivity index (χ1) is 15.1. The van der Waals surface area contributed by atoms with E-state index in [2.05, 4.69) is 4.99 Å². The van der Waals surface area contributed by atoms with Crippen LogP contribution in [0.3, 0.4) is 0 Å². The second-order valence-corrected chi connectivity index (χ2v) is 10.0. The third-order valence-electron chi connectivity index (χ3n) is 6.21. The van der Waals surface area contributed by atoms with E-state index in [1.165, 1.54) is 12.1 Å². The van der Waals surface area contributed by atoms with Crippen molar-refractivity contribution < 1.29 is 18.7 Å². The number of nitrogens with zero attached hydrogens (tertiary/aromatic N) is 3. The quantitative estimate of drug-likeness (QED) is 0.647. The molecule has 0 aromatic heterocycles. The lowest BCUT2D eigenvalue weighted by Gasteiger charge is -2.34. The number of benzene rings is 1. The van der Waals surface area contributed by atoms with Crippen molar-refractivity contribution in [1.29, 1.82) is 0 Å². The van der Waals surface area contributed by atoms with Gasteiger partial charge < -0.3 is 14.5 Å². The first kappa shape index (κ1) is 22.8. The summed E-state index contributed by atoms with van der Waals surface area (Å²) >= 11 is 6.27. The number of aliphatic imine (C=N–C) groups is 1. The SMILES string of the molecule is CC(C)(C)OC(=O)N1CCC2=C(C1)C(C(=O)N1CCC(c3cc(F)ccc3Cl)CC1)=NC2. The van der Waals surface area contributed by atoms with Crippen molar-refractivity contribution in [2.24, 2.45) is 4.99 Å². The Balaban J connectivity index is 1.40. The van der Waals surface area contributed by atoms with Gasteiger partial charge in [-0.2, -0.15) is 0 Å². The van der Waals surface area contributed by atoms with Crippen LogP contribution in [0.1, 0.15) is 51.5 Å². The third kappa shape index (κ3) is 4.82. The molecule has 6 nitrogen and oxygen atoms in total. The van der Waals surface area contributed by atoms with Gasteiger partial charge in [-0.1, -0.05) is 11.6 Å². The van der Waals surface area contributed by atoms with Gasteiger partial charge in [-0.15, -0.1) is 0 Å². The minimum absolute atomic E-state index is 0.0928. The molecule has 1 aromatic rings. The molecule has 8 heteroatoms. The molecule has 1 saturated heterocycles. The van der Waals surface area contributed by atoms with E-state index in [4.69, 9.17) is 16.3 Å². The van der Waals surface area contributed by atoms with E-state index in [0.717, 1.165) is 29.6 Å². The molecule has 172 valence electrons. The molecule has 4 rings (SSSR count). The summed E-state index contributed by atoms with van der Waals surface area (Å²) < 4.78 is 19.2. The van der Waals surface area contributed by atoms with Gasteiger partial charge in [-0.25, -0.2) is 9.18 Å². The average Bonchev–Trinajstić information content (AvgIpc) is 3.17. The summed E-state index contributed by atoms with van der Waals surface area (Å²) in [6, 6.07) is 4.44. The van der Waals surface area contributed by atoms with Crippen LogP contribution in [0, 0.1) is 5.82 Å². The monoisotopic (exact) mass is 461 g/mol. The van der Waals surface area contributed by atoms with Crippen LogP contribution >= 0.6 is 11.6 Å². The number of hydrogen-bond donors (Lipinski definition) is 0. The Hall–Kier alpha value is -2.41. The van der Waals surface area contributed by atoms with Crippen LogP contribution in [0.25, 0.3) is 0 Å². The molecule has 0 unspecified atom stereocenters. The second-order valence-electron chi connectivity index (χ2n) is 9.63. The molecule has 0 saturated carbocycles. The van der Waals surface area contributed by atoms with Crippen LogP contribution in [0.4, 0.5) is 9.18 Å². The highest BCUT2D eigenvalue weighted by atomic mass is 35.5. The Labute approximate surface area is 193 Å². The van der Waals surface area contributed by atoms with Gasteiger partial charge in [0.15, 0.2) is 0 Å². The van der Waals surface area contributed by atoms with Crippen molar-refractivity contribution in [3.63, 3.8) is 0 Å². The Morgan fingerprint density at radius 1 is 1.16 bits per heavy atom. The molecule has 0 atom stereocenters. The zero-order valence-electron chi connectivity index (χ0n) is 18.8. The summed E-state index contributed by atoms with van der Waals surface area (Å²) in [7, 11) is 0. The Morgan fingerprint density at radius 2 is 1.88 bits per heavy atom. The summed E-state index contributed by atoms with van der Waals surface area (Å²) in [5.41, 5.74) is 2.71. The van der Waals surface area contributed by atoms with Crippen LogP contribution in [0.5, 0.6) is 0 Å². The maximum absolute atomic E-state index is 13.7. The highest BCUT2D eigenvalue weighted by molar-refractivity contribution is 6.46. The van der Waals surface area contributed by atoms with Crippen molar-refractivity contribution in [3.8, 4) is 0 Å². The van der Waals surface area contributed by atoms with Gasteiger partial charge in [0.25, 0.3) is 5.91 Å². The number of carbonyl (C=O) groups excluding carboxylic acids is 2. The lowest BCUT2D eigenvalue weighted by Crippen LogP contribution is -2.45. The van der Waals surface area contributed by atoms with Crippen LogP contribution in [-0.2, 0) is 9.53 Å². The number of amides is 2. The average molecular weight is 462 g/mol. The van der Waals surface area contributed by atoms with E-state index in [9.17, 15) is 14.0 Å². The van der Waals surface area contributed by atoms with Crippen LogP contribution in [-0.4, -0.2) is 65.8 Å². The van der Waals surface area contributed by atoms with Crippen LogP contribution in [0.2, 0.25) is 5.02 Å². The van der Waals surface area contributed by atoms with Crippen molar-refractivity contribution >= 4 is 29.3 Å². The topological polar surface area (TPSA) is 62.2 Å². The molecular formula is C24H29ClFN3O3. The van der Waals surface area contributed by atoms with Crippen LogP contribution in [0.15, 0.2) is 34.3 Å². The van der Waals surface area contributed by atoms with Gasteiger partial charge in [0, 0.05) is 30.2 Å². The van der Waals surface area contributed by atoms with E-state index >= 15 is 0 Å². The smallest absolute Gasteiger partial charge is 0.410 e. The number of rotatable bonds is 2. The summed E-state index contributed by atoms with van der Waals surface area (Å²) in [5.74, 6) is -0.265. The molecule has 3 aliphatic rings. The molecule has 1 aromatic carbocycles. The zero-order chi connectivity index (χ0) is 23.0. The number of likely N-dealkylation sites (tertiary alicyclic amines) is 1. The van der Waals surface area contributed by atoms with Gasteiger partial charge in [0.05, 0.1) is 13.1 Å². The van der Waals surface area contributed by atoms with E-state index in [-0.39, 0.29) is 23.7 Å². The Bertz CT molecular complexity index is 991. The van der Waals surface area contributed by atoms with E-state index in [1.807, 2.05) is 25.7 Å². The molecule has 32 heavy (non-hydrogen) atoms. The second kappa shape index (κ2) is 8.85. The van der Waals surface area contributed by atoms with Crippen molar-refractivity contribution in [2.75, 3.05) is 32.7 Å². The number of hydrogen-bond acceptors (Lipinski definition) is 4. The number of halogens is 2. The fourth-order valence-electron chi connectivity index (χ4n) is 4.54. The van der Waals surface area contributed by atoms with Crippen LogP contribution < -0.4 is 0 Å². The molecule has 3 heterocycles. The molecule has 2 amide bonds. The maximum Gasteiger partial charge on any atom is 0.410 e.